The Kier molecular flexibility index (Phi) is 2.47. The maximum Gasteiger partial charge on any atom is 0.270 e. The Balaban J connectivity index is 2.41. The van der Waals surface area contributed by atoms with Crippen molar-refractivity contribution in [2.45, 2.75) is 6.54 Å². The van der Waals surface area contributed by atoms with Gasteiger partial charge in [0.1, 0.15) is 5.69 Å². The number of halogens is 2. The number of likely N-dealkylation sites (N-methyl/N-ethyl adjacent to an activating group) is 1. The Morgan fingerprint density at radius 3 is 2.72 bits per heavy atom. The number of carbonyl (C=O) groups excluding carboxylic acids is 1. The number of hydrogen-bond acceptors (Lipinski definition) is 2. The van der Waals surface area contributed by atoms with Gasteiger partial charge in [0.25, 0.3) is 5.91 Å². The summed E-state index contributed by atoms with van der Waals surface area (Å²) in [5, 5.41) is 1.64. The quantitative estimate of drug-likeness (QED) is 0.756. The fourth-order valence-electron chi connectivity index (χ4n) is 2.35. The van der Waals surface area contributed by atoms with Gasteiger partial charge in [0, 0.05) is 31.2 Å². The molecule has 0 saturated heterocycles. The molecule has 2 aromatic rings. The van der Waals surface area contributed by atoms with Crippen LogP contribution in [0.15, 0.2) is 12.1 Å². The molecular weight excluding hydrogens is 273 g/mol. The number of hydrogen-bond donors (Lipinski definition) is 1. The van der Waals surface area contributed by atoms with Crippen molar-refractivity contribution in [3.05, 3.63) is 27.9 Å². The predicted molar refractivity (Wildman–Crippen MR) is 73.3 cm³/mol. The van der Waals surface area contributed by atoms with Crippen molar-refractivity contribution >= 4 is 45.7 Å². The summed E-state index contributed by atoms with van der Waals surface area (Å²) >= 11 is 12.3. The van der Waals surface area contributed by atoms with Crippen molar-refractivity contribution in [3.8, 4) is 0 Å². The van der Waals surface area contributed by atoms with Gasteiger partial charge >= 0.3 is 0 Å². The number of anilines is 1. The first-order valence-corrected chi connectivity index (χ1v) is 6.28. The minimum absolute atomic E-state index is 0.0240. The van der Waals surface area contributed by atoms with E-state index in [0.717, 1.165) is 10.9 Å². The van der Waals surface area contributed by atoms with Crippen LogP contribution in [0.5, 0.6) is 0 Å². The minimum atomic E-state index is -0.0240. The lowest BCUT2D eigenvalue weighted by atomic mass is 10.2. The topological polar surface area (TPSA) is 51.3 Å². The first kappa shape index (κ1) is 11.7. The van der Waals surface area contributed by atoms with E-state index in [9.17, 15) is 4.79 Å². The van der Waals surface area contributed by atoms with Gasteiger partial charge in [-0.2, -0.15) is 0 Å². The second kappa shape index (κ2) is 3.80. The summed E-state index contributed by atoms with van der Waals surface area (Å²) < 4.78 is 1.89. The molecule has 0 bridgehead atoms. The van der Waals surface area contributed by atoms with Crippen molar-refractivity contribution < 1.29 is 4.79 Å². The highest BCUT2D eigenvalue weighted by Gasteiger charge is 2.26. The Bertz CT molecular complexity index is 678. The SMILES string of the molecule is CN1CCn2c(cc3c(N)cc(Cl)c(Cl)c32)C1=O. The molecule has 0 spiro atoms. The number of nitrogens with zero attached hydrogens (tertiary/aromatic N) is 2. The number of benzene rings is 1. The van der Waals surface area contributed by atoms with Crippen molar-refractivity contribution in [3.63, 3.8) is 0 Å². The van der Waals surface area contributed by atoms with Gasteiger partial charge in [-0.1, -0.05) is 23.2 Å². The van der Waals surface area contributed by atoms with Gasteiger partial charge in [-0.3, -0.25) is 4.79 Å². The summed E-state index contributed by atoms with van der Waals surface area (Å²) in [7, 11) is 1.78. The second-order valence-electron chi connectivity index (χ2n) is 4.43. The average molecular weight is 284 g/mol. The maximum absolute atomic E-state index is 12.1. The standard InChI is InChI=1S/C12H11Cl2N3O/c1-16-2-3-17-9(12(16)18)4-6-8(15)5-7(13)10(14)11(6)17/h4-5H,2-3,15H2,1H3. The Morgan fingerprint density at radius 1 is 1.28 bits per heavy atom. The molecule has 0 aliphatic carbocycles. The number of nitrogens with two attached hydrogens (primary N) is 1. The number of nitrogen functional groups attached to an aromatic ring is 1. The molecule has 2 N–H and O–H groups in total. The highest BCUT2D eigenvalue weighted by molar-refractivity contribution is 6.45. The summed E-state index contributed by atoms with van der Waals surface area (Å²) in [6, 6.07) is 3.40. The van der Waals surface area contributed by atoms with Crippen molar-refractivity contribution in [1.82, 2.24) is 9.47 Å². The molecule has 6 heteroatoms. The first-order valence-electron chi connectivity index (χ1n) is 5.53. The molecule has 1 aliphatic rings. The summed E-state index contributed by atoms with van der Waals surface area (Å²) in [6.07, 6.45) is 0. The highest BCUT2D eigenvalue weighted by atomic mass is 35.5. The van der Waals surface area contributed by atoms with E-state index in [1.807, 2.05) is 4.57 Å². The predicted octanol–water partition coefficient (Wildman–Crippen LogP) is 2.62. The van der Waals surface area contributed by atoms with E-state index in [0.29, 0.717) is 34.5 Å². The van der Waals surface area contributed by atoms with Crippen LogP contribution in [0.25, 0.3) is 10.9 Å². The first-order chi connectivity index (χ1) is 8.50. The van der Waals surface area contributed by atoms with Crippen LogP contribution in [0.2, 0.25) is 10.0 Å². The molecule has 2 heterocycles. The number of carbonyl (C=O) groups is 1. The van der Waals surface area contributed by atoms with Gasteiger partial charge < -0.3 is 15.2 Å². The third-order valence-corrected chi connectivity index (χ3v) is 4.11. The van der Waals surface area contributed by atoms with E-state index in [1.165, 1.54) is 0 Å². The highest BCUT2D eigenvalue weighted by Crippen LogP contribution is 2.37. The lowest BCUT2D eigenvalue weighted by Crippen LogP contribution is -2.36. The average Bonchev–Trinajstić information content (AvgIpc) is 2.72. The van der Waals surface area contributed by atoms with Crippen molar-refractivity contribution in [2.75, 3.05) is 19.3 Å². The van der Waals surface area contributed by atoms with Gasteiger partial charge in [-0.05, 0) is 12.1 Å². The summed E-state index contributed by atoms with van der Waals surface area (Å²) in [4.78, 5) is 13.8. The zero-order valence-electron chi connectivity index (χ0n) is 9.70. The zero-order valence-corrected chi connectivity index (χ0v) is 11.2. The molecule has 94 valence electrons. The van der Waals surface area contributed by atoms with Gasteiger partial charge in [0.05, 0.1) is 15.6 Å². The molecule has 1 aliphatic heterocycles. The van der Waals surface area contributed by atoms with Crippen LogP contribution in [0.1, 0.15) is 10.5 Å². The second-order valence-corrected chi connectivity index (χ2v) is 5.22. The van der Waals surface area contributed by atoms with Gasteiger partial charge in [0.15, 0.2) is 0 Å². The van der Waals surface area contributed by atoms with Crippen LogP contribution < -0.4 is 5.73 Å². The van der Waals surface area contributed by atoms with Crippen LogP contribution in [0, 0.1) is 0 Å². The van der Waals surface area contributed by atoms with Crippen LogP contribution in [0.3, 0.4) is 0 Å². The fourth-order valence-corrected chi connectivity index (χ4v) is 2.82. The molecule has 18 heavy (non-hydrogen) atoms. The van der Waals surface area contributed by atoms with Gasteiger partial charge in [-0.15, -0.1) is 0 Å². The molecule has 0 saturated carbocycles. The Morgan fingerprint density at radius 2 is 2.00 bits per heavy atom. The lowest BCUT2D eigenvalue weighted by Gasteiger charge is -2.25. The molecule has 1 amide bonds. The van der Waals surface area contributed by atoms with E-state index in [4.69, 9.17) is 28.9 Å². The normalized spacial score (nSPS) is 15.3. The van der Waals surface area contributed by atoms with E-state index >= 15 is 0 Å². The smallest absolute Gasteiger partial charge is 0.270 e. The number of amides is 1. The van der Waals surface area contributed by atoms with Crippen LogP contribution in [-0.4, -0.2) is 29.0 Å². The fraction of sp³-hybridized carbons (Fsp3) is 0.250. The third kappa shape index (κ3) is 1.42. The number of rotatable bonds is 0. The zero-order chi connectivity index (χ0) is 13.0. The summed E-state index contributed by atoms with van der Waals surface area (Å²) in [5.74, 6) is -0.0240. The number of aromatic nitrogens is 1. The maximum atomic E-state index is 12.1. The van der Waals surface area contributed by atoms with E-state index < -0.39 is 0 Å². The largest absolute Gasteiger partial charge is 0.398 e. The van der Waals surface area contributed by atoms with Gasteiger partial charge in [0.2, 0.25) is 0 Å². The molecule has 3 rings (SSSR count). The molecule has 1 aromatic heterocycles. The minimum Gasteiger partial charge on any atom is -0.398 e. The monoisotopic (exact) mass is 283 g/mol. The van der Waals surface area contributed by atoms with Crippen molar-refractivity contribution in [1.29, 1.82) is 0 Å². The number of fused-ring (bicyclic) bond motifs is 3. The summed E-state index contributed by atoms with van der Waals surface area (Å²) in [6.45, 7) is 1.35. The summed E-state index contributed by atoms with van der Waals surface area (Å²) in [5.41, 5.74) is 7.83. The Labute approximate surface area is 114 Å². The molecule has 0 fully saturated rings. The van der Waals surface area contributed by atoms with Crippen LogP contribution in [-0.2, 0) is 6.54 Å². The molecule has 0 unspecified atom stereocenters. The third-order valence-electron chi connectivity index (χ3n) is 3.33. The van der Waals surface area contributed by atoms with Crippen LogP contribution in [0.4, 0.5) is 5.69 Å². The molecular formula is C12H11Cl2N3O. The molecule has 0 atom stereocenters. The molecule has 1 aromatic carbocycles. The molecule has 4 nitrogen and oxygen atoms in total. The molecule has 0 radical (unpaired) electrons. The van der Waals surface area contributed by atoms with Gasteiger partial charge in [-0.25, -0.2) is 0 Å². The lowest BCUT2D eigenvalue weighted by molar-refractivity contribution is 0.0751. The van der Waals surface area contributed by atoms with Crippen molar-refractivity contribution in [2.24, 2.45) is 0 Å². The van der Waals surface area contributed by atoms with E-state index in [2.05, 4.69) is 0 Å². The Hall–Kier alpha value is -1.39. The van der Waals surface area contributed by atoms with Crippen LogP contribution >= 0.6 is 23.2 Å². The van der Waals surface area contributed by atoms with E-state index in [-0.39, 0.29) is 5.91 Å². The van der Waals surface area contributed by atoms with E-state index in [1.54, 1.807) is 24.1 Å².